The molecule has 1 heterocycles. The molecule has 0 aliphatic rings. The minimum absolute atomic E-state index is 0.461. The summed E-state index contributed by atoms with van der Waals surface area (Å²) in [4.78, 5) is 15.5. The molecular weight excluding hydrogens is 310 g/mol. The average Bonchev–Trinajstić information content (AvgIpc) is 2.90. The normalized spacial score (nSPS) is 11.0. The fourth-order valence-corrected chi connectivity index (χ4v) is 2.59. The fourth-order valence-electron chi connectivity index (χ4n) is 1.53. The third-order valence-electron chi connectivity index (χ3n) is 3.02. The molecule has 0 bridgehead atoms. The average molecular weight is 322 g/mol. The summed E-state index contributed by atoms with van der Waals surface area (Å²) in [6, 6.07) is 6.89. The van der Waals surface area contributed by atoms with Crippen LogP contribution >= 0.6 is 22.9 Å². The van der Waals surface area contributed by atoms with Crippen molar-refractivity contribution in [3.63, 3.8) is 0 Å². The lowest BCUT2D eigenvalue weighted by molar-refractivity contribution is -0.142. The molecule has 0 radical (unpaired) electrons. The summed E-state index contributed by atoms with van der Waals surface area (Å²) in [5, 5.41) is 23.8. The van der Waals surface area contributed by atoms with E-state index in [4.69, 9.17) is 16.9 Å². The molecule has 0 atom stereocenters. The number of aromatic nitrogens is 1. The molecular formula is C14H12ClN3O2S. The summed E-state index contributed by atoms with van der Waals surface area (Å²) in [7, 11) is 0. The minimum Gasteiger partial charge on any atom is -0.481 e. The topological polar surface area (TPSA) is 86.0 Å². The van der Waals surface area contributed by atoms with Crippen LogP contribution in [0.3, 0.4) is 0 Å². The van der Waals surface area contributed by atoms with Crippen molar-refractivity contribution in [2.75, 3.05) is 5.32 Å². The van der Waals surface area contributed by atoms with Crippen LogP contribution in [0.5, 0.6) is 0 Å². The molecule has 108 valence electrons. The molecule has 2 rings (SSSR count). The second-order valence-electron chi connectivity index (χ2n) is 4.90. The number of halogens is 1. The van der Waals surface area contributed by atoms with Crippen molar-refractivity contribution in [2.24, 2.45) is 0 Å². The number of benzene rings is 1. The maximum absolute atomic E-state index is 11.2. The van der Waals surface area contributed by atoms with Gasteiger partial charge in [0, 0.05) is 5.38 Å². The van der Waals surface area contributed by atoms with Gasteiger partial charge in [-0.15, -0.1) is 11.3 Å². The van der Waals surface area contributed by atoms with E-state index in [1.807, 2.05) is 6.07 Å². The molecule has 0 aliphatic carbocycles. The number of nitriles is 1. The van der Waals surface area contributed by atoms with Crippen molar-refractivity contribution in [3.05, 3.63) is 39.9 Å². The van der Waals surface area contributed by atoms with Crippen molar-refractivity contribution in [1.29, 1.82) is 5.26 Å². The summed E-state index contributed by atoms with van der Waals surface area (Å²) in [6.07, 6.45) is 0. The van der Waals surface area contributed by atoms with E-state index in [9.17, 15) is 9.90 Å². The molecule has 2 aromatic rings. The van der Waals surface area contributed by atoms with Crippen LogP contribution in [0.4, 0.5) is 10.8 Å². The predicted molar refractivity (Wildman–Crippen MR) is 82.2 cm³/mol. The van der Waals surface area contributed by atoms with Gasteiger partial charge in [0.25, 0.3) is 0 Å². The fraction of sp³-hybridized carbons (Fsp3) is 0.214. The van der Waals surface area contributed by atoms with Crippen molar-refractivity contribution in [1.82, 2.24) is 4.98 Å². The van der Waals surface area contributed by atoms with E-state index in [-0.39, 0.29) is 0 Å². The van der Waals surface area contributed by atoms with Gasteiger partial charge in [0.15, 0.2) is 5.13 Å². The van der Waals surface area contributed by atoms with Crippen molar-refractivity contribution >= 4 is 39.7 Å². The first kappa shape index (κ1) is 15.3. The van der Waals surface area contributed by atoms with Crippen molar-refractivity contribution in [3.8, 4) is 6.07 Å². The van der Waals surface area contributed by atoms with Crippen LogP contribution < -0.4 is 5.32 Å². The highest BCUT2D eigenvalue weighted by Gasteiger charge is 2.32. The van der Waals surface area contributed by atoms with E-state index in [2.05, 4.69) is 10.3 Å². The molecule has 2 N–H and O–H groups in total. The Morgan fingerprint density at radius 2 is 2.24 bits per heavy atom. The zero-order chi connectivity index (χ0) is 15.6. The van der Waals surface area contributed by atoms with Crippen molar-refractivity contribution in [2.45, 2.75) is 19.3 Å². The Labute approximate surface area is 130 Å². The highest BCUT2D eigenvalue weighted by Crippen LogP contribution is 2.31. The number of thiazole rings is 1. The molecule has 0 saturated carbocycles. The minimum atomic E-state index is -1.06. The standard InChI is InChI=1S/C14H12ClN3O2S/c1-14(2,12(19)20)11-7-21-13(18-11)17-10-5-8(6-16)3-4-9(10)15/h3-5,7H,1-2H3,(H,17,18)(H,19,20). The molecule has 7 heteroatoms. The van der Waals surface area contributed by atoms with Gasteiger partial charge in [-0.25, -0.2) is 4.98 Å². The summed E-state index contributed by atoms with van der Waals surface area (Å²) in [5.41, 5.74) is 0.443. The van der Waals surface area contributed by atoms with Crippen LogP contribution in [0.2, 0.25) is 5.02 Å². The molecule has 1 aromatic carbocycles. The van der Waals surface area contributed by atoms with Gasteiger partial charge < -0.3 is 10.4 Å². The number of rotatable bonds is 4. The Balaban J connectivity index is 2.28. The zero-order valence-corrected chi connectivity index (χ0v) is 12.9. The number of hydrogen-bond donors (Lipinski definition) is 2. The Bertz CT molecular complexity index is 734. The van der Waals surface area contributed by atoms with Crippen LogP contribution in [0, 0.1) is 11.3 Å². The smallest absolute Gasteiger partial charge is 0.315 e. The van der Waals surface area contributed by atoms with Gasteiger partial charge in [-0.3, -0.25) is 4.79 Å². The molecule has 1 aromatic heterocycles. The van der Waals surface area contributed by atoms with Crippen LogP contribution in [-0.2, 0) is 10.2 Å². The Kier molecular flexibility index (Phi) is 4.16. The summed E-state index contributed by atoms with van der Waals surface area (Å²) in [6.45, 7) is 3.19. The van der Waals surface area contributed by atoms with E-state index in [0.29, 0.717) is 27.1 Å². The predicted octanol–water partition coefficient (Wildman–Crippen LogP) is 3.77. The first-order chi connectivity index (χ1) is 9.84. The first-order valence-electron chi connectivity index (χ1n) is 6.00. The number of nitrogens with zero attached hydrogens (tertiary/aromatic N) is 2. The van der Waals surface area contributed by atoms with Gasteiger partial charge in [0.05, 0.1) is 28.0 Å². The van der Waals surface area contributed by atoms with Crippen LogP contribution in [0.25, 0.3) is 0 Å². The van der Waals surface area contributed by atoms with Crippen LogP contribution in [-0.4, -0.2) is 16.1 Å². The lowest BCUT2D eigenvalue weighted by atomic mass is 9.90. The van der Waals surface area contributed by atoms with Crippen LogP contribution in [0.1, 0.15) is 25.1 Å². The maximum Gasteiger partial charge on any atom is 0.315 e. The van der Waals surface area contributed by atoms with Gasteiger partial charge in [-0.1, -0.05) is 11.6 Å². The van der Waals surface area contributed by atoms with Crippen molar-refractivity contribution < 1.29 is 9.90 Å². The zero-order valence-electron chi connectivity index (χ0n) is 11.3. The van der Waals surface area contributed by atoms with E-state index in [1.165, 1.54) is 11.3 Å². The van der Waals surface area contributed by atoms with Gasteiger partial charge in [0.2, 0.25) is 0 Å². The quantitative estimate of drug-likeness (QED) is 0.895. The summed E-state index contributed by atoms with van der Waals surface area (Å²) in [5.74, 6) is -0.941. The number of anilines is 2. The SMILES string of the molecule is CC(C)(C(=O)O)c1csc(Nc2cc(C#N)ccc2Cl)n1. The number of nitrogens with one attached hydrogen (secondary N) is 1. The van der Waals surface area contributed by atoms with E-state index in [0.717, 1.165) is 0 Å². The monoisotopic (exact) mass is 321 g/mol. The number of aliphatic carboxylic acids is 1. The molecule has 21 heavy (non-hydrogen) atoms. The third-order valence-corrected chi connectivity index (χ3v) is 4.10. The second kappa shape index (κ2) is 5.72. The molecule has 5 nitrogen and oxygen atoms in total. The maximum atomic E-state index is 11.2. The number of carboxylic acids is 1. The summed E-state index contributed by atoms with van der Waals surface area (Å²) < 4.78 is 0. The lowest BCUT2D eigenvalue weighted by Crippen LogP contribution is -2.28. The van der Waals surface area contributed by atoms with Gasteiger partial charge in [-0.2, -0.15) is 5.26 Å². The Hall–Kier alpha value is -2.10. The summed E-state index contributed by atoms with van der Waals surface area (Å²) >= 11 is 7.34. The molecule has 0 unspecified atom stereocenters. The number of carbonyl (C=O) groups is 1. The molecule has 0 saturated heterocycles. The van der Waals surface area contributed by atoms with E-state index < -0.39 is 11.4 Å². The molecule has 0 amide bonds. The number of hydrogen-bond acceptors (Lipinski definition) is 5. The largest absolute Gasteiger partial charge is 0.481 e. The Morgan fingerprint density at radius 1 is 1.52 bits per heavy atom. The lowest BCUT2D eigenvalue weighted by Gasteiger charge is -2.15. The molecule has 0 aliphatic heterocycles. The highest BCUT2D eigenvalue weighted by atomic mass is 35.5. The van der Waals surface area contributed by atoms with Gasteiger partial charge >= 0.3 is 5.97 Å². The second-order valence-corrected chi connectivity index (χ2v) is 6.16. The van der Waals surface area contributed by atoms with E-state index >= 15 is 0 Å². The Morgan fingerprint density at radius 3 is 2.86 bits per heavy atom. The molecule has 0 fully saturated rings. The molecule has 0 spiro atoms. The van der Waals surface area contributed by atoms with Gasteiger partial charge in [-0.05, 0) is 32.0 Å². The number of carboxylic acid groups (broad SMARTS) is 1. The van der Waals surface area contributed by atoms with Crippen LogP contribution in [0.15, 0.2) is 23.6 Å². The highest BCUT2D eigenvalue weighted by molar-refractivity contribution is 7.13. The van der Waals surface area contributed by atoms with E-state index in [1.54, 1.807) is 37.4 Å². The van der Waals surface area contributed by atoms with Gasteiger partial charge in [0.1, 0.15) is 5.41 Å². The first-order valence-corrected chi connectivity index (χ1v) is 7.26. The third kappa shape index (κ3) is 3.15.